The van der Waals surface area contributed by atoms with E-state index in [-0.39, 0.29) is 41.5 Å². The molecule has 1 saturated carbocycles. The van der Waals surface area contributed by atoms with E-state index in [9.17, 15) is 19.5 Å². The van der Waals surface area contributed by atoms with Gasteiger partial charge >= 0.3 is 0 Å². The Morgan fingerprint density at radius 2 is 1.77 bits per heavy atom. The summed E-state index contributed by atoms with van der Waals surface area (Å²) in [5, 5.41) is 19.2. The first-order chi connectivity index (χ1) is 16.6. The van der Waals surface area contributed by atoms with Crippen molar-refractivity contribution in [1.29, 1.82) is 0 Å². The van der Waals surface area contributed by atoms with Crippen LogP contribution in [0.3, 0.4) is 0 Å². The van der Waals surface area contributed by atoms with Crippen molar-refractivity contribution in [2.24, 2.45) is 5.92 Å². The van der Waals surface area contributed by atoms with Gasteiger partial charge in [0.15, 0.2) is 0 Å². The van der Waals surface area contributed by atoms with E-state index in [1.165, 1.54) is 6.42 Å². The molecule has 0 aromatic heterocycles. The summed E-state index contributed by atoms with van der Waals surface area (Å²) in [5.41, 5.74) is 1.71. The number of carbonyl (C=O) groups is 3. The monoisotopic (exact) mass is 484 g/mol. The van der Waals surface area contributed by atoms with Crippen LogP contribution in [0.25, 0.3) is 0 Å². The van der Waals surface area contributed by atoms with Crippen LogP contribution in [0.4, 0.5) is 5.69 Å². The Kier molecular flexibility index (Phi) is 7.81. The number of carbonyl (C=O) groups excluding carboxylic acids is 3. The number of aliphatic hydroxyl groups excluding tert-OH is 1. The maximum Gasteiger partial charge on any atom is 0.244 e. The second-order valence-corrected chi connectivity index (χ2v) is 11.4. The van der Waals surface area contributed by atoms with Gasteiger partial charge in [-0.3, -0.25) is 19.3 Å². The topological polar surface area (TPSA) is 111 Å². The first-order valence-electron chi connectivity index (χ1n) is 13.1. The van der Waals surface area contributed by atoms with Crippen molar-refractivity contribution in [3.8, 4) is 0 Å². The lowest BCUT2D eigenvalue weighted by Crippen LogP contribution is -2.59. The molecular formula is C27H40N4O4. The Labute approximate surface area is 208 Å². The molecule has 1 aliphatic carbocycles. The summed E-state index contributed by atoms with van der Waals surface area (Å²) in [6, 6.07) is 6.49. The molecule has 3 amide bonds. The number of hydrogen-bond acceptors (Lipinski definition) is 5. The predicted molar refractivity (Wildman–Crippen MR) is 135 cm³/mol. The summed E-state index contributed by atoms with van der Waals surface area (Å²) in [6.07, 6.45) is 5.12. The Bertz CT molecular complexity index is 920. The van der Waals surface area contributed by atoms with Gasteiger partial charge in [-0.15, -0.1) is 0 Å². The van der Waals surface area contributed by atoms with Gasteiger partial charge in [-0.05, 0) is 42.4 Å². The average molecular weight is 485 g/mol. The van der Waals surface area contributed by atoms with Crippen LogP contribution in [-0.2, 0) is 19.8 Å². The molecule has 2 saturated heterocycles. The number of rotatable bonds is 6. The lowest BCUT2D eigenvalue weighted by atomic mass is 9.86. The highest BCUT2D eigenvalue weighted by Gasteiger charge is 2.44. The Hall–Kier alpha value is -2.45. The van der Waals surface area contributed by atoms with E-state index in [0.29, 0.717) is 25.2 Å². The third-order valence-corrected chi connectivity index (χ3v) is 7.61. The van der Waals surface area contributed by atoms with Crippen LogP contribution < -0.4 is 20.9 Å². The predicted octanol–water partition coefficient (Wildman–Crippen LogP) is 1.99. The Morgan fingerprint density at radius 1 is 1.09 bits per heavy atom. The van der Waals surface area contributed by atoms with Gasteiger partial charge in [0.1, 0.15) is 6.04 Å². The molecule has 2 aliphatic heterocycles. The minimum atomic E-state index is -0.816. The van der Waals surface area contributed by atoms with Crippen molar-refractivity contribution in [3.05, 3.63) is 29.8 Å². The molecule has 8 nitrogen and oxygen atoms in total. The fourth-order valence-electron chi connectivity index (χ4n) is 5.55. The van der Waals surface area contributed by atoms with Gasteiger partial charge in [0.2, 0.25) is 17.7 Å². The van der Waals surface area contributed by atoms with E-state index < -0.39 is 18.2 Å². The number of amides is 3. The fraction of sp³-hybridized carbons (Fsp3) is 0.667. The zero-order chi connectivity index (χ0) is 25.2. The number of nitrogens with zero attached hydrogens (tertiary/aromatic N) is 1. The van der Waals surface area contributed by atoms with Crippen LogP contribution in [0.5, 0.6) is 0 Å². The highest BCUT2D eigenvalue weighted by atomic mass is 16.3. The second-order valence-electron chi connectivity index (χ2n) is 11.4. The van der Waals surface area contributed by atoms with Crippen LogP contribution in [-0.4, -0.2) is 60.1 Å². The fourth-order valence-corrected chi connectivity index (χ4v) is 5.55. The van der Waals surface area contributed by atoms with E-state index in [2.05, 4.69) is 36.7 Å². The molecule has 0 spiro atoms. The van der Waals surface area contributed by atoms with Gasteiger partial charge in [0.05, 0.1) is 12.1 Å². The van der Waals surface area contributed by atoms with E-state index in [4.69, 9.17) is 0 Å². The van der Waals surface area contributed by atoms with Crippen LogP contribution in [0, 0.1) is 5.92 Å². The lowest BCUT2D eigenvalue weighted by molar-refractivity contribution is -0.129. The van der Waals surface area contributed by atoms with E-state index in [1.807, 2.05) is 24.3 Å². The number of aliphatic hydroxyl groups is 1. The standard InChI is InChI=1S/C27H40N4O4/c1-27(2,3)18-9-11-20(12-10-18)31(26(35)22-14-21(32)16-28-22)24(17-13-23(33)29-15-17)25(34)30-19-7-5-4-6-8-19/h9-12,17,19,21-22,24,28,32H,4-8,13-16H2,1-3H3,(H,29,33)(H,30,34)/t17?,21-,22-,24?/m1/s1. The first-order valence-corrected chi connectivity index (χ1v) is 13.1. The van der Waals surface area contributed by atoms with Crippen LogP contribution in [0.15, 0.2) is 24.3 Å². The van der Waals surface area contributed by atoms with Gasteiger partial charge in [-0.2, -0.15) is 0 Å². The normalized spacial score (nSPS) is 26.3. The molecule has 0 radical (unpaired) electrons. The summed E-state index contributed by atoms with van der Waals surface area (Å²) < 4.78 is 0. The molecule has 2 heterocycles. The quantitative estimate of drug-likeness (QED) is 0.494. The van der Waals surface area contributed by atoms with Gasteiger partial charge in [0.25, 0.3) is 0 Å². The highest BCUT2D eigenvalue weighted by molar-refractivity contribution is 6.04. The van der Waals surface area contributed by atoms with Crippen LogP contribution in [0.1, 0.15) is 71.3 Å². The molecule has 3 aliphatic rings. The van der Waals surface area contributed by atoms with Crippen molar-refractivity contribution in [2.45, 2.75) is 95.4 Å². The molecule has 4 rings (SSSR count). The molecule has 8 heteroatoms. The van der Waals surface area contributed by atoms with Crippen molar-refractivity contribution in [1.82, 2.24) is 16.0 Å². The zero-order valence-corrected chi connectivity index (χ0v) is 21.2. The van der Waals surface area contributed by atoms with Crippen molar-refractivity contribution in [3.63, 3.8) is 0 Å². The molecule has 1 aromatic carbocycles. The molecule has 3 fully saturated rings. The molecular weight excluding hydrogens is 444 g/mol. The SMILES string of the molecule is CC(C)(C)c1ccc(N(C(=O)[C@H]2C[C@@H](O)CN2)C(C(=O)NC2CCCCC2)C2CNC(=O)C2)cc1. The number of nitrogens with one attached hydrogen (secondary N) is 3. The summed E-state index contributed by atoms with van der Waals surface area (Å²) >= 11 is 0. The number of hydrogen-bond donors (Lipinski definition) is 4. The van der Waals surface area contributed by atoms with Gasteiger partial charge in [-0.25, -0.2) is 0 Å². The van der Waals surface area contributed by atoms with Gasteiger partial charge in [-0.1, -0.05) is 52.2 Å². The minimum absolute atomic E-state index is 0.0516. The summed E-state index contributed by atoms with van der Waals surface area (Å²) in [7, 11) is 0. The number of β-amino-alcohol motifs (C(OH)–C–C–N with tert-alkyl or cyclic N) is 1. The minimum Gasteiger partial charge on any atom is -0.392 e. The Balaban J connectivity index is 1.70. The summed E-state index contributed by atoms with van der Waals surface area (Å²) in [5.74, 6) is -0.877. The smallest absolute Gasteiger partial charge is 0.244 e. The van der Waals surface area contributed by atoms with Crippen LogP contribution in [0.2, 0.25) is 0 Å². The number of anilines is 1. The highest BCUT2D eigenvalue weighted by Crippen LogP contribution is 2.31. The molecule has 4 N–H and O–H groups in total. The largest absolute Gasteiger partial charge is 0.392 e. The molecule has 192 valence electrons. The van der Waals surface area contributed by atoms with Gasteiger partial charge < -0.3 is 21.1 Å². The molecule has 2 unspecified atom stereocenters. The first kappa shape index (κ1) is 25.6. The van der Waals surface area contributed by atoms with E-state index in [1.54, 1.807) is 4.90 Å². The zero-order valence-electron chi connectivity index (χ0n) is 21.2. The number of benzene rings is 1. The third kappa shape index (κ3) is 6.04. The summed E-state index contributed by atoms with van der Waals surface area (Å²) in [4.78, 5) is 41.5. The average Bonchev–Trinajstić information content (AvgIpc) is 3.45. The van der Waals surface area contributed by atoms with Crippen molar-refractivity contribution < 1.29 is 19.5 Å². The lowest BCUT2D eigenvalue weighted by Gasteiger charge is -2.37. The summed E-state index contributed by atoms with van der Waals surface area (Å²) in [6.45, 7) is 7.09. The maximum atomic E-state index is 13.9. The molecule has 4 atom stereocenters. The molecule has 35 heavy (non-hydrogen) atoms. The second kappa shape index (κ2) is 10.7. The molecule has 1 aromatic rings. The van der Waals surface area contributed by atoms with Gasteiger partial charge in [0, 0.05) is 37.2 Å². The molecule has 0 bridgehead atoms. The van der Waals surface area contributed by atoms with E-state index in [0.717, 1.165) is 31.2 Å². The van der Waals surface area contributed by atoms with Crippen molar-refractivity contribution in [2.75, 3.05) is 18.0 Å². The van der Waals surface area contributed by atoms with Crippen LogP contribution >= 0.6 is 0 Å². The Morgan fingerprint density at radius 3 is 2.31 bits per heavy atom. The van der Waals surface area contributed by atoms with E-state index >= 15 is 0 Å². The third-order valence-electron chi connectivity index (χ3n) is 7.61. The maximum absolute atomic E-state index is 13.9. The van der Waals surface area contributed by atoms with Crippen molar-refractivity contribution >= 4 is 23.4 Å².